The third-order valence-electron chi connectivity index (χ3n) is 3.46. The summed E-state index contributed by atoms with van der Waals surface area (Å²) in [7, 11) is 0. The van der Waals surface area contributed by atoms with Crippen LogP contribution in [0, 0.1) is 11.8 Å². The van der Waals surface area contributed by atoms with E-state index in [1.165, 1.54) is 11.0 Å². The maximum atomic E-state index is 12.0. The minimum atomic E-state index is -0.201. The highest BCUT2D eigenvalue weighted by atomic mass is 16.2. The van der Waals surface area contributed by atoms with E-state index in [4.69, 9.17) is 0 Å². The molecule has 2 amide bonds. The Morgan fingerprint density at radius 1 is 1.35 bits per heavy atom. The van der Waals surface area contributed by atoms with Gasteiger partial charge in [0.05, 0.1) is 0 Å². The number of nitrogens with one attached hydrogen (secondary N) is 1. The number of rotatable bonds is 2. The fraction of sp³-hybridized carbons (Fsp3) is 0.625. The van der Waals surface area contributed by atoms with Crippen LogP contribution in [0.5, 0.6) is 0 Å². The topological polar surface area (TPSA) is 49.4 Å². The summed E-state index contributed by atoms with van der Waals surface area (Å²) in [5.41, 5.74) is 0. The molecule has 4 heteroatoms. The summed E-state index contributed by atoms with van der Waals surface area (Å²) in [6.45, 7) is 8.50. The molecule has 0 aliphatic carbocycles. The smallest absolute Gasteiger partial charge is 0.253 e. The van der Waals surface area contributed by atoms with Crippen LogP contribution in [0.1, 0.15) is 33.6 Å². The molecular weight excluding hydrogens is 252 g/mol. The Morgan fingerprint density at radius 2 is 2.00 bits per heavy atom. The lowest BCUT2D eigenvalue weighted by Gasteiger charge is -2.24. The van der Waals surface area contributed by atoms with Gasteiger partial charge in [0, 0.05) is 6.54 Å². The molecule has 0 saturated carbocycles. The molecule has 1 atom stereocenters. The summed E-state index contributed by atoms with van der Waals surface area (Å²) >= 11 is 0. The van der Waals surface area contributed by atoms with Gasteiger partial charge in [0.25, 0.3) is 11.8 Å². The number of amides is 2. The Hall–Kier alpha value is -1.42. The molecule has 0 aromatic carbocycles. The Bertz CT molecular complexity index is 382. The van der Waals surface area contributed by atoms with E-state index in [9.17, 15) is 9.59 Å². The number of imide groups is 1. The summed E-state index contributed by atoms with van der Waals surface area (Å²) in [5.74, 6) is 0.324. The first-order valence-corrected chi connectivity index (χ1v) is 7.59. The first-order chi connectivity index (χ1) is 9.66. The largest absolute Gasteiger partial charge is 0.317 e. The molecule has 0 spiro atoms. The van der Waals surface area contributed by atoms with E-state index in [1.807, 2.05) is 32.9 Å². The number of hydrogen-bond donors (Lipinski definition) is 1. The van der Waals surface area contributed by atoms with Gasteiger partial charge in [-0.05, 0) is 49.9 Å². The van der Waals surface area contributed by atoms with Gasteiger partial charge in [-0.2, -0.15) is 0 Å². The number of hydrogen-bond acceptors (Lipinski definition) is 3. The normalized spacial score (nSPS) is 23.6. The second-order valence-electron chi connectivity index (χ2n) is 5.07. The third kappa shape index (κ3) is 4.93. The van der Waals surface area contributed by atoms with Crippen LogP contribution >= 0.6 is 0 Å². The van der Waals surface area contributed by atoms with Gasteiger partial charge in [-0.1, -0.05) is 32.9 Å². The Morgan fingerprint density at radius 3 is 2.65 bits per heavy atom. The van der Waals surface area contributed by atoms with Gasteiger partial charge in [0.2, 0.25) is 0 Å². The average Bonchev–Trinajstić information content (AvgIpc) is 2.50. The van der Waals surface area contributed by atoms with Crippen molar-refractivity contribution >= 4 is 11.8 Å². The first kappa shape index (κ1) is 16.6. The van der Waals surface area contributed by atoms with Crippen LogP contribution in [0.3, 0.4) is 0 Å². The van der Waals surface area contributed by atoms with E-state index in [1.54, 1.807) is 6.08 Å². The van der Waals surface area contributed by atoms with E-state index < -0.39 is 0 Å². The number of allylic oxidation sites excluding steroid dienone is 1. The second kappa shape index (κ2) is 8.69. The lowest BCUT2D eigenvalue weighted by molar-refractivity contribution is -0.139. The zero-order chi connectivity index (χ0) is 15.0. The zero-order valence-corrected chi connectivity index (χ0v) is 12.8. The summed E-state index contributed by atoms with van der Waals surface area (Å²) in [5, 5.41) is 3.29. The maximum absolute atomic E-state index is 12.0. The summed E-state index contributed by atoms with van der Waals surface area (Å²) in [6, 6.07) is 0. The molecule has 2 aliphatic heterocycles. The molecule has 20 heavy (non-hydrogen) atoms. The van der Waals surface area contributed by atoms with Crippen molar-refractivity contribution in [2.45, 2.75) is 33.6 Å². The SMILES string of the molecule is CC.C[C@H]1C=CC(=O)N(C(=O)/C=C/C2CCNCC2)C1. The third-order valence-corrected chi connectivity index (χ3v) is 3.46. The molecule has 112 valence electrons. The van der Waals surface area contributed by atoms with Crippen molar-refractivity contribution in [2.75, 3.05) is 19.6 Å². The van der Waals surface area contributed by atoms with E-state index in [2.05, 4.69) is 5.32 Å². The molecule has 4 nitrogen and oxygen atoms in total. The van der Waals surface area contributed by atoms with Crippen LogP contribution < -0.4 is 5.32 Å². The van der Waals surface area contributed by atoms with Crippen LogP contribution in [0.4, 0.5) is 0 Å². The Kier molecular flexibility index (Phi) is 7.23. The van der Waals surface area contributed by atoms with E-state index in [0.717, 1.165) is 25.9 Å². The fourth-order valence-electron chi connectivity index (χ4n) is 2.32. The highest BCUT2D eigenvalue weighted by molar-refractivity contribution is 6.05. The Labute approximate surface area is 121 Å². The highest BCUT2D eigenvalue weighted by Crippen LogP contribution is 2.14. The monoisotopic (exact) mass is 278 g/mol. The van der Waals surface area contributed by atoms with Crippen molar-refractivity contribution in [1.29, 1.82) is 0 Å². The van der Waals surface area contributed by atoms with E-state index in [0.29, 0.717) is 12.5 Å². The summed E-state index contributed by atoms with van der Waals surface area (Å²) < 4.78 is 0. The van der Waals surface area contributed by atoms with Gasteiger partial charge in [0.1, 0.15) is 0 Å². The molecule has 0 unspecified atom stereocenters. The van der Waals surface area contributed by atoms with Gasteiger partial charge in [-0.15, -0.1) is 0 Å². The van der Waals surface area contributed by atoms with Crippen molar-refractivity contribution in [1.82, 2.24) is 10.2 Å². The molecule has 0 aromatic rings. The molecule has 1 N–H and O–H groups in total. The Balaban J connectivity index is 0.000000956. The fourth-order valence-corrected chi connectivity index (χ4v) is 2.32. The van der Waals surface area contributed by atoms with Crippen molar-refractivity contribution in [2.24, 2.45) is 11.8 Å². The number of nitrogens with zero attached hydrogens (tertiary/aromatic N) is 1. The summed E-state index contributed by atoms with van der Waals surface area (Å²) in [4.78, 5) is 24.9. The van der Waals surface area contributed by atoms with Crippen molar-refractivity contribution < 1.29 is 9.59 Å². The molecule has 2 aliphatic rings. The summed E-state index contributed by atoms with van der Waals surface area (Å²) in [6.07, 6.45) is 8.99. The second-order valence-corrected chi connectivity index (χ2v) is 5.07. The van der Waals surface area contributed by atoms with Gasteiger partial charge in [-0.25, -0.2) is 0 Å². The van der Waals surface area contributed by atoms with Crippen LogP contribution in [0.2, 0.25) is 0 Å². The van der Waals surface area contributed by atoms with Crippen LogP contribution in [0.25, 0.3) is 0 Å². The van der Waals surface area contributed by atoms with Crippen molar-refractivity contribution in [3.8, 4) is 0 Å². The molecule has 0 aromatic heterocycles. The quantitative estimate of drug-likeness (QED) is 0.787. The van der Waals surface area contributed by atoms with Gasteiger partial charge in [0.15, 0.2) is 0 Å². The molecule has 0 bridgehead atoms. The molecule has 2 heterocycles. The first-order valence-electron chi connectivity index (χ1n) is 7.59. The van der Waals surface area contributed by atoms with Crippen LogP contribution in [-0.2, 0) is 9.59 Å². The predicted molar refractivity (Wildman–Crippen MR) is 81.1 cm³/mol. The molecule has 1 saturated heterocycles. The van der Waals surface area contributed by atoms with Gasteiger partial charge in [-0.3, -0.25) is 14.5 Å². The lowest BCUT2D eigenvalue weighted by Crippen LogP contribution is -2.40. The molecule has 2 rings (SSSR count). The number of piperidine rings is 1. The average molecular weight is 278 g/mol. The van der Waals surface area contributed by atoms with Crippen molar-refractivity contribution in [3.63, 3.8) is 0 Å². The predicted octanol–water partition coefficient (Wildman–Crippen LogP) is 2.13. The maximum Gasteiger partial charge on any atom is 0.253 e. The zero-order valence-electron chi connectivity index (χ0n) is 12.8. The van der Waals surface area contributed by atoms with E-state index >= 15 is 0 Å². The van der Waals surface area contributed by atoms with Crippen LogP contribution in [-0.4, -0.2) is 36.3 Å². The molecule has 1 fully saturated rings. The minimum Gasteiger partial charge on any atom is -0.317 e. The van der Waals surface area contributed by atoms with Gasteiger partial charge < -0.3 is 5.32 Å². The molecular formula is C16H26N2O2. The minimum absolute atomic E-state index is 0.185. The van der Waals surface area contributed by atoms with E-state index in [-0.39, 0.29) is 17.7 Å². The number of carbonyl (C=O) groups is 2. The number of carbonyl (C=O) groups excluding carboxylic acids is 2. The standard InChI is InChI=1S/C14H20N2O2.C2H6/c1-11-2-4-13(17)16(10-11)14(18)5-3-12-6-8-15-9-7-12;1-2/h2-5,11-12,15H,6-10H2,1H3;1-2H3/b5-3+;/t11-;/m0./s1. The lowest BCUT2D eigenvalue weighted by atomic mass is 9.97. The van der Waals surface area contributed by atoms with Crippen molar-refractivity contribution in [3.05, 3.63) is 24.3 Å². The highest BCUT2D eigenvalue weighted by Gasteiger charge is 2.22. The van der Waals surface area contributed by atoms with Crippen LogP contribution in [0.15, 0.2) is 24.3 Å². The molecule has 0 radical (unpaired) electrons. The van der Waals surface area contributed by atoms with Gasteiger partial charge >= 0.3 is 0 Å².